The fourth-order valence-corrected chi connectivity index (χ4v) is 2.79. The Balaban J connectivity index is 4.97. The fourth-order valence-electron chi connectivity index (χ4n) is 1.38. The Morgan fingerprint density at radius 1 is 1.29 bits per heavy atom. The largest absolute Gasteiger partial charge is 0.410 e. The van der Waals surface area contributed by atoms with Gasteiger partial charge in [0.1, 0.15) is 0 Å². The minimum absolute atomic E-state index is 0.0273. The lowest BCUT2D eigenvalue weighted by atomic mass is 9.83. The molecule has 0 bridgehead atoms. The van der Waals surface area contributed by atoms with Crippen molar-refractivity contribution in [3.05, 3.63) is 12.7 Å². The van der Waals surface area contributed by atoms with E-state index in [9.17, 15) is 0 Å². The van der Waals surface area contributed by atoms with Crippen molar-refractivity contribution in [2.75, 3.05) is 0 Å². The first-order valence-corrected chi connectivity index (χ1v) is 9.12. The van der Waals surface area contributed by atoms with E-state index in [1.165, 1.54) is 0 Å². The Morgan fingerprint density at radius 2 is 1.76 bits per heavy atom. The molecule has 0 N–H and O–H groups in total. The molecule has 17 heavy (non-hydrogen) atoms. The van der Waals surface area contributed by atoms with E-state index >= 15 is 0 Å². The van der Waals surface area contributed by atoms with E-state index in [2.05, 4.69) is 60.2 Å². The second kappa shape index (κ2) is 5.41. The fraction of sp³-hybridized carbons (Fsp3) is 0.733. The average molecular weight is 252 g/mol. The van der Waals surface area contributed by atoms with E-state index in [1.807, 2.05) is 6.08 Å². The van der Waals surface area contributed by atoms with Gasteiger partial charge < -0.3 is 4.43 Å². The smallest absolute Gasteiger partial charge is 0.192 e. The highest BCUT2D eigenvalue weighted by molar-refractivity contribution is 6.74. The van der Waals surface area contributed by atoms with Gasteiger partial charge in [0.2, 0.25) is 0 Å². The molecule has 0 aromatic heterocycles. The van der Waals surface area contributed by atoms with E-state index in [4.69, 9.17) is 10.8 Å². The first kappa shape index (κ1) is 16.5. The van der Waals surface area contributed by atoms with Crippen molar-refractivity contribution >= 4 is 8.32 Å². The van der Waals surface area contributed by atoms with Crippen LogP contribution in [0.15, 0.2) is 12.7 Å². The van der Waals surface area contributed by atoms with Crippen LogP contribution in [0.25, 0.3) is 0 Å². The molecule has 98 valence electrons. The summed E-state index contributed by atoms with van der Waals surface area (Å²) >= 11 is 0. The molecule has 1 nitrogen and oxygen atoms in total. The molecule has 0 aliphatic heterocycles. The van der Waals surface area contributed by atoms with Crippen LogP contribution in [0.2, 0.25) is 18.1 Å². The zero-order valence-corrected chi connectivity index (χ0v) is 13.6. The summed E-state index contributed by atoms with van der Waals surface area (Å²) in [6, 6.07) is 0. The molecule has 0 aromatic carbocycles. The molecule has 0 saturated carbocycles. The van der Waals surface area contributed by atoms with Gasteiger partial charge in [-0.3, -0.25) is 0 Å². The standard InChI is InChI=1S/C15H28OSi/c1-10-12-15(6,7)13(11-2)16-17(8,9)14(3,4)5/h1,11,13H,2,12H2,3-9H3. The van der Waals surface area contributed by atoms with E-state index in [1.54, 1.807) is 0 Å². The first-order valence-electron chi connectivity index (χ1n) is 6.22. The lowest BCUT2D eigenvalue weighted by Crippen LogP contribution is -2.47. The lowest BCUT2D eigenvalue weighted by molar-refractivity contribution is 0.103. The van der Waals surface area contributed by atoms with E-state index in [0.717, 1.165) is 0 Å². The molecule has 1 atom stereocenters. The monoisotopic (exact) mass is 252 g/mol. The molecule has 0 saturated heterocycles. The van der Waals surface area contributed by atoms with Crippen LogP contribution in [-0.2, 0) is 4.43 Å². The van der Waals surface area contributed by atoms with Gasteiger partial charge in [0.25, 0.3) is 0 Å². The molecule has 0 aliphatic carbocycles. The summed E-state index contributed by atoms with van der Waals surface area (Å²) in [4.78, 5) is 0. The van der Waals surface area contributed by atoms with Crippen molar-refractivity contribution in [3.8, 4) is 12.3 Å². The van der Waals surface area contributed by atoms with Gasteiger partial charge in [-0.2, -0.15) is 0 Å². The lowest BCUT2D eigenvalue weighted by Gasteiger charge is -2.42. The summed E-state index contributed by atoms with van der Waals surface area (Å²) in [7, 11) is -1.77. The maximum absolute atomic E-state index is 6.39. The number of hydrogen-bond donors (Lipinski definition) is 0. The van der Waals surface area contributed by atoms with Crippen LogP contribution in [0.1, 0.15) is 41.0 Å². The maximum atomic E-state index is 6.39. The molecular formula is C15H28OSi. The van der Waals surface area contributed by atoms with Gasteiger partial charge in [-0.1, -0.05) is 40.7 Å². The second-order valence-electron chi connectivity index (χ2n) is 6.90. The molecular weight excluding hydrogens is 224 g/mol. The van der Waals surface area contributed by atoms with Crippen LogP contribution in [0.3, 0.4) is 0 Å². The molecule has 0 spiro atoms. The summed E-state index contributed by atoms with van der Waals surface area (Å²) in [5.74, 6) is 2.73. The van der Waals surface area contributed by atoms with E-state index in [0.29, 0.717) is 6.42 Å². The molecule has 0 heterocycles. The minimum atomic E-state index is -1.77. The summed E-state index contributed by atoms with van der Waals surface area (Å²) in [6.07, 6.45) is 8.06. The van der Waals surface area contributed by atoms with E-state index < -0.39 is 8.32 Å². The Morgan fingerprint density at radius 3 is 2.06 bits per heavy atom. The normalized spacial score (nSPS) is 15.2. The van der Waals surface area contributed by atoms with Gasteiger partial charge in [-0.15, -0.1) is 18.9 Å². The summed E-state index contributed by atoms with van der Waals surface area (Å²) < 4.78 is 6.39. The molecule has 0 rings (SSSR count). The third kappa shape index (κ3) is 4.33. The van der Waals surface area contributed by atoms with Crippen LogP contribution in [0.5, 0.6) is 0 Å². The summed E-state index contributed by atoms with van der Waals surface area (Å²) in [5.41, 5.74) is -0.0496. The van der Waals surface area contributed by atoms with Crippen molar-refractivity contribution < 1.29 is 4.43 Å². The highest BCUT2D eigenvalue weighted by atomic mass is 28.4. The van der Waals surface area contributed by atoms with Crippen LogP contribution >= 0.6 is 0 Å². The highest BCUT2D eigenvalue weighted by Gasteiger charge is 2.41. The third-order valence-electron chi connectivity index (χ3n) is 3.77. The maximum Gasteiger partial charge on any atom is 0.192 e. The molecule has 0 fully saturated rings. The number of terminal acetylenes is 1. The van der Waals surface area contributed by atoms with Crippen LogP contribution < -0.4 is 0 Å². The number of rotatable bonds is 5. The first-order chi connectivity index (χ1) is 7.48. The Bertz CT molecular complexity index is 302. The average Bonchev–Trinajstić information content (AvgIpc) is 2.11. The van der Waals surface area contributed by atoms with Gasteiger partial charge in [0.15, 0.2) is 8.32 Å². The topological polar surface area (TPSA) is 9.23 Å². The van der Waals surface area contributed by atoms with Crippen LogP contribution in [-0.4, -0.2) is 14.4 Å². The quantitative estimate of drug-likeness (QED) is 0.394. The van der Waals surface area contributed by atoms with Gasteiger partial charge in [0, 0.05) is 11.8 Å². The zero-order valence-electron chi connectivity index (χ0n) is 12.6. The zero-order chi connectivity index (χ0) is 13.9. The van der Waals surface area contributed by atoms with Gasteiger partial charge >= 0.3 is 0 Å². The predicted octanol–water partition coefficient (Wildman–Crippen LogP) is 4.61. The Hall–Kier alpha value is -0.523. The van der Waals surface area contributed by atoms with Crippen molar-refractivity contribution in [3.63, 3.8) is 0 Å². The number of hydrogen-bond acceptors (Lipinski definition) is 1. The SMILES string of the molecule is C#CCC(C)(C)C(C=C)O[Si](C)(C)C(C)(C)C. The summed E-state index contributed by atoms with van der Waals surface area (Å²) in [5, 5.41) is 0.209. The third-order valence-corrected chi connectivity index (χ3v) is 8.23. The van der Waals surface area contributed by atoms with Gasteiger partial charge in [-0.25, -0.2) is 0 Å². The summed E-state index contributed by atoms with van der Waals surface area (Å²) in [6.45, 7) is 19.4. The minimum Gasteiger partial charge on any atom is -0.410 e. The molecule has 1 unspecified atom stereocenters. The molecule has 0 radical (unpaired) electrons. The van der Waals surface area contributed by atoms with Gasteiger partial charge in [-0.05, 0) is 18.1 Å². The van der Waals surface area contributed by atoms with Crippen molar-refractivity contribution in [2.45, 2.75) is 65.3 Å². The Labute approximate surface area is 109 Å². The van der Waals surface area contributed by atoms with Crippen LogP contribution in [0, 0.1) is 17.8 Å². The molecule has 2 heteroatoms. The van der Waals surface area contributed by atoms with Crippen molar-refractivity contribution in [2.24, 2.45) is 5.41 Å². The van der Waals surface area contributed by atoms with Gasteiger partial charge in [0.05, 0.1) is 6.10 Å². The Kier molecular flexibility index (Phi) is 5.25. The predicted molar refractivity (Wildman–Crippen MR) is 79.5 cm³/mol. The highest BCUT2D eigenvalue weighted by Crippen LogP contribution is 2.40. The van der Waals surface area contributed by atoms with Crippen molar-refractivity contribution in [1.82, 2.24) is 0 Å². The second-order valence-corrected chi connectivity index (χ2v) is 11.7. The molecule has 0 aromatic rings. The van der Waals surface area contributed by atoms with Crippen LogP contribution in [0.4, 0.5) is 0 Å². The van der Waals surface area contributed by atoms with E-state index in [-0.39, 0.29) is 16.6 Å². The molecule has 0 aliphatic rings. The van der Waals surface area contributed by atoms with Crippen molar-refractivity contribution in [1.29, 1.82) is 0 Å². The molecule has 0 amide bonds.